The smallest absolute Gasteiger partial charge is 0.305 e. The van der Waals surface area contributed by atoms with Gasteiger partial charge in [0.15, 0.2) is 0 Å². The van der Waals surface area contributed by atoms with Crippen LogP contribution in [0.3, 0.4) is 0 Å². The summed E-state index contributed by atoms with van der Waals surface area (Å²) in [6.07, 6.45) is -0.0972. The molecular formula is C13H15ClINO4. The van der Waals surface area contributed by atoms with Gasteiger partial charge in [0.1, 0.15) is 5.75 Å². The first-order valence-electron chi connectivity index (χ1n) is 5.94. The monoisotopic (exact) mass is 411 g/mol. The third kappa shape index (κ3) is 4.24. The first-order chi connectivity index (χ1) is 9.40. The molecule has 20 heavy (non-hydrogen) atoms. The van der Waals surface area contributed by atoms with Crippen molar-refractivity contribution in [2.45, 2.75) is 13.3 Å². The van der Waals surface area contributed by atoms with Gasteiger partial charge >= 0.3 is 5.97 Å². The van der Waals surface area contributed by atoms with E-state index in [2.05, 4.69) is 22.6 Å². The fourth-order valence-electron chi connectivity index (χ4n) is 1.67. The molecule has 0 aliphatic rings. The maximum Gasteiger partial charge on any atom is 0.305 e. The Balaban J connectivity index is 3.05. The van der Waals surface area contributed by atoms with Crippen LogP contribution in [-0.4, -0.2) is 42.1 Å². The summed E-state index contributed by atoms with van der Waals surface area (Å²) in [5.41, 5.74) is 0.338. The van der Waals surface area contributed by atoms with Crippen molar-refractivity contribution < 1.29 is 19.4 Å². The zero-order chi connectivity index (χ0) is 15.3. The summed E-state index contributed by atoms with van der Waals surface area (Å²) < 4.78 is 5.98. The number of halogens is 2. The molecule has 0 radical (unpaired) electrons. The minimum absolute atomic E-state index is 0.0972. The van der Waals surface area contributed by atoms with Crippen molar-refractivity contribution in [3.05, 3.63) is 26.3 Å². The summed E-state index contributed by atoms with van der Waals surface area (Å²) in [6, 6.07) is 3.23. The Bertz CT molecular complexity index is 521. The average molecular weight is 412 g/mol. The normalized spacial score (nSPS) is 10.2. The number of carbonyl (C=O) groups is 2. The van der Waals surface area contributed by atoms with Crippen molar-refractivity contribution >= 4 is 46.1 Å². The van der Waals surface area contributed by atoms with Crippen molar-refractivity contribution in [1.29, 1.82) is 0 Å². The number of rotatable bonds is 6. The SMILES string of the molecule is CCN(CCC(=O)O)C(=O)c1cc(Cl)c(I)cc1OC. The minimum atomic E-state index is -0.941. The topological polar surface area (TPSA) is 66.8 Å². The molecule has 0 saturated carbocycles. The number of hydrogen-bond donors (Lipinski definition) is 1. The lowest BCUT2D eigenvalue weighted by Gasteiger charge is -2.21. The number of nitrogens with zero attached hydrogens (tertiary/aromatic N) is 1. The molecule has 0 bridgehead atoms. The van der Waals surface area contributed by atoms with Gasteiger partial charge in [-0.05, 0) is 41.6 Å². The molecular weight excluding hydrogens is 397 g/mol. The molecule has 1 aromatic rings. The molecule has 1 rings (SSSR count). The van der Waals surface area contributed by atoms with E-state index in [0.717, 1.165) is 3.57 Å². The molecule has 0 aliphatic carbocycles. The van der Waals surface area contributed by atoms with E-state index in [9.17, 15) is 9.59 Å². The largest absolute Gasteiger partial charge is 0.496 e. The summed E-state index contributed by atoms with van der Waals surface area (Å²) in [5, 5.41) is 9.17. The maximum atomic E-state index is 12.4. The quantitative estimate of drug-likeness (QED) is 0.731. The Morgan fingerprint density at radius 2 is 2.10 bits per heavy atom. The van der Waals surface area contributed by atoms with Crippen molar-refractivity contribution in [3.8, 4) is 5.75 Å². The first-order valence-corrected chi connectivity index (χ1v) is 7.40. The maximum absolute atomic E-state index is 12.4. The number of carboxylic acid groups (broad SMARTS) is 1. The number of ether oxygens (including phenoxy) is 1. The summed E-state index contributed by atoms with van der Waals surface area (Å²) in [6.45, 7) is 2.36. The zero-order valence-corrected chi connectivity index (χ0v) is 14.1. The van der Waals surface area contributed by atoms with Gasteiger partial charge in [-0.15, -0.1) is 0 Å². The molecule has 0 aliphatic heterocycles. The molecule has 1 N–H and O–H groups in total. The van der Waals surface area contributed by atoms with Crippen LogP contribution in [-0.2, 0) is 4.79 Å². The number of amides is 1. The molecule has 0 aromatic heterocycles. The second-order valence-electron chi connectivity index (χ2n) is 4.00. The van der Waals surface area contributed by atoms with Gasteiger partial charge in [0, 0.05) is 16.7 Å². The molecule has 0 atom stereocenters. The summed E-state index contributed by atoms with van der Waals surface area (Å²) in [4.78, 5) is 24.5. The molecule has 0 fully saturated rings. The van der Waals surface area contributed by atoms with E-state index >= 15 is 0 Å². The standard InChI is InChI=1S/C13H15ClINO4/c1-3-16(5-4-12(17)18)13(19)8-6-9(14)10(15)7-11(8)20-2/h6-7H,3-5H2,1-2H3,(H,17,18). The third-order valence-electron chi connectivity index (χ3n) is 2.74. The predicted molar refractivity (Wildman–Crippen MR) is 84.6 cm³/mol. The van der Waals surface area contributed by atoms with E-state index in [4.69, 9.17) is 21.4 Å². The van der Waals surface area contributed by atoms with Gasteiger partial charge in [-0.25, -0.2) is 0 Å². The number of aliphatic carboxylic acids is 1. The van der Waals surface area contributed by atoms with Crippen molar-refractivity contribution in [2.75, 3.05) is 20.2 Å². The molecule has 0 saturated heterocycles. The molecule has 0 unspecified atom stereocenters. The van der Waals surface area contributed by atoms with E-state index in [1.54, 1.807) is 19.1 Å². The van der Waals surface area contributed by atoms with E-state index in [0.29, 0.717) is 22.9 Å². The van der Waals surface area contributed by atoms with Crippen LogP contribution in [0.2, 0.25) is 5.02 Å². The highest BCUT2D eigenvalue weighted by atomic mass is 127. The highest BCUT2D eigenvalue weighted by Gasteiger charge is 2.20. The number of methoxy groups -OCH3 is 1. The van der Waals surface area contributed by atoms with E-state index < -0.39 is 5.97 Å². The van der Waals surface area contributed by atoms with Crippen LogP contribution in [0.25, 0.3) is 0 Å². The van der Waals surface area contributed by atoms with Crippen LogP contribution < -0.4 is 4.74 Å². The van der Waals surface area contributed by atoms with Crippen LogP contribution in [0.15, 0.2) is 12.1 Å². The molecule has 0 spiro atoms. The lowest BCUT2D eigenvalue weighted by molar-refractivity contribution is -0.137. The van der Waals surface area contributed by atoms with Gasteiger partial charge in [-0.3, -0.25) is 9.59 Å². The molecule has 7 heteroatoms. The van der Waals surface area contributed by atoms with Crippen LogP contribution in [0.5, 0.6) is 5.75 Å². The lowest BCUT2D eigenvalue weighted by Crippen LogP contribution is -2.33. The zero-order valence-electron chi connectivity index (χ0n) is 11.2. The summed E-state index contributed by atoms with van der Waals surface area (Å²) in [5.74, 6) is -0.801. The van der Waals surface area contributed by atoms with E-state index in [1.165, 1.54) is 12.0 Å². The van der Waals surface area contributed by atoms with Crippen molar-refractivity contribution in [2.24, 2.45) is 0 Å². The molecule has 1 aromatic carbocycles. The number of carbonyl (C=O) groups excluding carboxylic acids is 1. The number of hydrogen-bond acceptors (Lipinski definition) is 3. The Kier molecular flexibility index (Phi) is 6.54. The van der Waals surface area contributed by atoms with Crippen LogP contribution >= 0.6 is 34.2 Å². The van der Waals surface area contributed by atoms with Gasteiger partial charge in [0.05, 0.1) is 24.1 Å². The van der Waals surface area contributed by atoms with Crippen LogP contribution in [0.4, 0.5) is 0 Å². The fourth-order valence-corrected chi connectivity index (χ4v) is 2.27. The Morgan fingerprint density at radius 1 is 1.45 bits per heavy atom. The molecule has 110 valence electrons. The van der Waals surface area contributed by atoms with E-state index in [-0.39, 0.29) is 18.9 Å². The lowest BCUT2D eigenvalue weighted by atomic mass is 10.1. The molecule has 0 heterocycles. The van der Waals surface area contributed by atoms with E-state index in [1.807, 2.05) is 0 Å². The highest BCUT2D eigenvalue weighted by molar-refractivity contribution is 14.1. The van der Waals surface area contributed by atoms with Gasteiger partial charge in [-0.1, -0.05) is 11.6 Å². The second kappa shape index (κ2) is 7.68. The number of benzene rings is 1. The second-order valence-corrected chi connectivity index (χ2v) is 5.56. The van der Waals surface area contributed by atoms with Crippen LogP contribution in [0.1, 0.15) is 23.7 Å². The van der Waals surface area contributed by atoms with Crippen molar-refractivity contribution in [1.82, 2.24) is 4.90 Å². The average Bonchev–Trinajstić information content (AvgIpc) is 2.41. The fraction of sp³-hybridized carbons (Fsp3) is 0.385. The van der Waals surface area contributed by atoms with Gasteiger partial charge < -0.3 is 14.7 Å². The summed E-state index contributed by atoms with van der Waals surface area (Å²) in [7, 11) is 1.48. The summed E-state index contributed by atoms with van der Waals surface area (Å²) >= 11 is 8.09. The number of carboxylic acids is 1. The predicted octanol–water partition coefficient (Wildman–Crippen LogP) is 2.89. The van der Waals surface area contributed by atoms with Crippen LogP contribution in [0, 0.1) is 3.57 Å². The third-order valence-corrected chi connectivity index (χ3v) is 4.26. The highest BCUT2D eigenvalue weighted by Crippen LogP contribution is 2.29. The molecule has 5 nitrogen and oxygen atoms in total. The Hall–Kier alpha value is -1.02. The van der Waals surface area contributed by atoms with Gasteiger partial charge in [0.25, 0.3) is 5.91 Å². The Labute approximate surface area is 136 Å². The minimum Gasteiger partial charge on any atom is -0.496 e. The molecule has 1 amide bonds. The Morgan fingerprint density at radius 3 is 2.60 bits per heavy atom. The van der Waals surface area contributed by atoms with Gasteiger partial charge in [-0.2, -0.15) is 0 Å². The first kappa shape index (κ1) is 17.0. The van der Waals surface area contributed by atoms with Gasteiger partial charge in [0.2, 0.25) is 0 Å². The van der Waals surface area contributed by atoms with Crippen molar-refractivity contribution in [3.63, 3.8) is 0 Å².